The maximum Gasteiger partial charge on any atom is 0.282 e. The lowest BCUT2D eigenvalue weighted by Gasteiger charge is -2.33. The molecule has 0 spiro atoms. The van der Waals surface area contributed by atoms with Gasteiger partial charge in [0.2, 0.25) is 0 Å². The van der Waals surface area contributed by atoms with Crippen molar-refractivity contribution < 1.29 is 9.66 Å². The first-order valence-corrected chi connectivity index (χ1v) is 7.34. The smallest absolute Gasteiger partial charge is 0.282 e. The summed E-state index contributed by atoms with van der Waals surface area (Å²) in [5.74, 6) is 0. The maximum atomic E-state index is 10.8. The van der Waals surface area contributed by atoms with Gasteiger partial charge < -0.3 is 10.1 Å². The van der Waals surface area contributed by atoms with E-state index in [2.05, 4.69) is 12.2 Å². The van der Waals surface area contributed by atoms with E-state index in [0.29, 0.717) is 3.57 Å². The van der Waals surface area contributed by atoms with E-state index in [-0.39, 0.29) is 16.0 Å². The Morgan fingerprint density at radius 3 is 2.74 bits per heavy atom. The molecule has 2 rings (SSSR count). The Labute approximate surface area is 126 Å². The molecule has 1 N–H and O–H groups in total. The largest absolute Gasteiger partial charge is 0.384 e. The number of nitrogens with one attached hydrogen (secondary N) is 1. The highest BCUT2D eigenvalue weighted by molar-refractivity contribution is 14.1. The molecule has 0 aromatic heterocycles. The molecular weight excluding hydrogens is 359 g/mol. The molecule has 1 aliphatic heterocycles. The third-order valence-corrected chi connectivity index (χ3v) is 4.43. The molecule has 0 atom stereocenters. The van der Waals surface area contributed by atoms with Crippen molar-refractivity contribution in [1.82, 2.24) is 0 Å². The van der Waals surface area contributed by atoms with Gasteiger partial charge in [0.05, 0.1) is 8.49 Å². The first-order chi connectivity index (χ1) is 9.00. The quantitative estimate of drug-likeness (QED) is 0.497. The summed E-state index contributed by atoms with van der Waals surface area (Å²) in [7, 11) is 0. The van der Waals surface area contributed by atoms with Crippen molar-refractivity contribution in [3.63, 3.8) is 0 Å². The van der Waals surface area contributed by atoms with Gasteiger partial charge in [0, 0.05) is 31.5 Å². The molecular formula is C13H17IN2O3. The van der Waals surface area contributed by atoms with E-state index < -0.39 is 0 Å². The Bertz CT molecular complexity index is 473. The van der Waals surface area contributed by atoms with Crippen LogP contribution in [0.2, 0.25) is 0 Å². The molecule has 0 amide bonds. The fourth-order valence-corrected chi connectivity index (χ4v) is 2.83. The van der Waals surface area contributed by atoms with Gasteiger partial charge in [-0.25, -0.2) is 0 Å². The monoisotopic (exact) mass is 376 g/mol. The van der Waals surface area contributed by atoms with E-state index in [1.807, 2.05) is 28.7 Å². The van der Waals surface area contributed by atoms with E-state index in [4.69, 9.17) is 4.74 Å². The summed E-state index contributed by atoms with van der Waals surface area (Å²) < 4.78 is 6.03. The summed E-state index contributed by atoms with van der Waals surface area (Å²) in [6, 6.07) is 5.14. The molecule has 1 aromatic carbocycles. The number of nitro benzene ring substituents is 1. The molecule has 6 heteroatoms. The third kappa shape index (κ3) is 3.79. The van der Waals surface area contributed by atoms with Gasteiger partial charge in [-0.15, -0.1) is 0 Å². The summed E-state index contributed by atoms with van der Waals surface area (Å²) in [5.41, 5.74) is 1.33. The lowest BCUT2D eigenvalue weighted by molar-refractivity contribution is -0.385. The van der Waals surface area contributed by atoms with Gasteiger partial charge in [0.15, 0.2) is 0 Å². The second kappa shape index (κ2) is 6.04. The highest BCUT2D eigenvalue weighted by Gasteiger charge is 2.27. The molecule has 1 aromatic rings. The van der Waals surface area contributed by atoms with Gasteiger partial charge in [-0.05, 0) is 53.0 Å². The lowest BCUT2D eigenvalue weighted by atomic mass is 9.82. The zero-order chi connectivity index (χ0) is 13.9. The van der Waals surface area contributed by atoms with E-state index in [9.17, 15) is 10.1 Å². The van der Waals surface area contributed by atoms with Crippen LogP contribution >= 0.6 is 22.6 Å². The minimum Gasteiger partial charge on any atom is -0.384 e. The molecule has 5 nitrogen and oxygen atoms in total. The number of nitro groups is 1. The Morgan fingerprint density at radius 2 is 2.16 bits per heavy atom. The van der Waals surface area contributed by atoms with E-state index >= 15 is 0 Å². The first kappa shape index (κ1) is 14.5. The summed E-state index contributed by atoms with van der Waals surface area (Å²) in [6.45, 7) is 4.75. The van der Waals surface area contributed by atoms with Crippen molar-refractivity contribution in [2.45, 2.75) is 19.8 Å². The third-order valence-electron chi connectivity index (χ3n) is 3.56. The van der Waals surface area contributed by atoms with Crippen LogP contribution in [0.25, 0.3) is 0 Å². The van der Waals surface area contributed by atoms with Crippen molar-refractivity contribution in [3.8, 4) is 0 Å². The zero-order valence-corrected chi connectivity index (χ0v) is 13.0. The Balaban J connectivity index is 2.00. The average Bonchev–Trinajstić information content (AvgIpc) is 2.37. The number of rotatable bonds is 4. The topological polar surface area (TPSA) is 64.4 Å². The lowest BCUT2D eigenvalue weighted by Crippen LogP contribution is -2.33. The normalized spacial score (nSPS) is 18.0. The molecule has 1 heterocycles. The standard InChI is InChI=1S/C13H17IN2O3/c1-13(4-6-19-7-5-13)9-15-10-2-3-12(16(17)18)11(14)8-10/h2-3,8,15H,4-7,9H2,1H3. The molecule has 1 fully saturated rings. The SMILES string of the molecule is CC1(CNc2ccc([N+](=O)[O-])c(I)c2)CCOCC1. The number of anilines is 1. The van der Waals surface area contributed by atoms with Gasteiger partial charge in [-0.1, -0.05) is 6.92 Å². The molecule has 0 unspecified atom stereocenters. The molecule has 0 radical (unpaired) electrons. The fourth-order valence-electron chi connectivity index (χ4n) is 2.12. The van der Waals surface area contributed by atoms with Crippen LogP contribution in [0.5, 0.6) is 0 Å². The number of hydrogen-bond acceptors (Lipinski definition) is 4. The Kier molecular flexibility index (Phi) is 4.62. The maximum absolute atomic E-state index is 10.8. The summed E-state index contributed by atoms with van der Waals surface area (Å²) in [4.78, 5) is 10.4. The van der Waals surface area contributed by atoms with Crippen molar-refractivity contribution in [1.29, 1.82) is 0 Å². The predicted molar refractivity (Wildman–Crippen MR) is 82.5 cm³/mol. The van der Waals surface area contributed by atoms with Gasteiger partial charge in [-0.2, -0.15) is 0 Å². The number of hydrogen-bond donors (Lipinski definition) is 1. The van der Waals surface area contributed by atoms with Gasteiger partial charge >= 0.3 is 0 Å². The fraction of sp³-hybridized carbons (Fsp3) is 0.538. The van der Waals surface area contributed by atoms with Crippen LogP contribution in [-0.2, 0) is 4.74 Å². The summed E-state index contributed by atoms with van der Waals surface area (Å²) in [5, 5.41) is 14.1. The van der Waals surface area contributed by atoms with Crippen LogP contribution in [0, 0.1) is 19.1 Å². The van der Waals surface area contributed by atoms with Crippen molar-refractivity contribution >= 4 is 34.0 Å². The number of nitrogens with zero attached hydrogens (tertiary/aromatic N) is 1. The van der Waals surface area contributed by atoms with Gasteiger partial charge in [0.1, 0.15) is 0 Å². The minimum absolute atomic E-state index is 0.156. The van der Waals surface area contributed by atoms with Crippen LogP contribution in [0.1, 0.15) is 19.8 Å². The summed E-state index contributed by atoms with van der Waals surface area (Å²) in [6.07, 6.45) is 2.09. The number of benzene rings is 1. The number of halogens is 1. The molecule has 1 saturated heterocycles. The second-order valence-electron chi connectivity index (χ2n) is 5.20. The summed E-state index contributed by atoms with van der Waals surface area (Å²) >= 11 is 2.00. The van der Waals surface area contributed by atoms with Crippen LogP contribution in [-0.4, -0.2) is 24.7 Å². The average molecular weight is 376 g/mol. The first-order valence-electron chi connectivity index (χ1n) is 6.26. The van der Waals surface area contributed by atoms with Gasteiger partial charge in [-0.3, -0.25) is 10.1 Å². The van der Waals surface area contributed by atoms with E-state index in [0.717, 1.165) is 38.3 Å². The predicted octanol–water partition coefficient (Wildman–Crippen LogP) is 3.43. The van der Waals surface area contributed by atoms with Crippen LogP contribution in [0.4, 0.5) is 11.4 Å². The van der Waals surface area contributed by atoms with E-state index in [1.165, 1.54) is 0 Å². The Hall–Kier alpha value is -0.890. The van der Waals surface area contributed by atoms with E-state index in [1.54, 1.807) is 12.1 Å². The molecule has 0 bridgehead atoms. The minimum atomic E-state index is -0.356. The van der Waals surface area contributed by atoms with Crippen LogP contribution < -0.4 is 5.32 Å². The van der Waals surface area contributed by atoms with Crippen LogP contribution in [0.3, 0.4) is 0 Å². The van der Waals surface area contributed by atoms with Crippen molar-refractivity contribution in [2.75, 3.05) is 25.1 Å². The highest BCUT2D eigenvalue weighted by Crippen LogP contribution is 2.31. The van der Waals surface area contributed by atoms with Gasteiger partial charge in [0.25, 0.3) is 5.69 Å². The van der Waals surface area contributed by atoms with Crippen LogP contribution in [0.15, 0.2) is 18.2 Å². The highest BCUT2D eigenvalue weighted by atomic mass is 127. The molecule has 1 aliphatic rings. The Morgan fingerprint density at radius 1 is 1.47 bits per heavy atom. The molecule has 19 heavy (non-hydrogen) atoms. The zero-order valence-electron chi connectivity index (χ0n) is 10.8. The van der Waals surface area contributed by atoms with Crippen molar-refractivity contribution in [3.05, 3.63) is 31.9 Å². The van der Waals surface area contributed by atoms with Crippen molar-refractivity contribution in [2.24, 2.45) is 5.41 Å². The molecule has 0 saturated carbocycles. The number of ether oxygens (including phenoxy) is 1. The second-order valence-corrected chi connectivity index (χ2v) is 6.36. The molecule has 0 aliphatic carbocycles. The molecule has 104 valence electrons.